The Morgan fingerprint density at radius 2 is 2.18 bits per heavy atom. The van der Waals surface area contributed by atoms with Gasteiger partial charge in [-0.2, -0.15) is 0 Å². The van der Waals surface area contributed by atoms with E-state index in [2.05, 4.69) is 4.98 Å². The minimum absolute atomic E-state index is 0.0867. The van der Waals surface area contributed by atoms with E-state index in [-0.39, 0.29) is 6.61 Å². The summed E-state index contributed by atoms with van der Waals surface area (Å²) in [4.78, 5) is 6.49. The molecule has 0 fully saturated rings. The minimum Gasteiger partial charge on any atom is -0.395 e. The van der Waals surface area contributed by atoms with Crippen molar-refractivity contribution in [3.63, 3.8) is 0 Å². The Kier molecular flexibility index (Phi) is 5.90. The van der Waals surface area contributed by atoms with Gasteiger partial charge in [0.2, 0.25) is 0 Å². The van der Waals surface area contributed by atoms with Crippen molar-refractivity contribution in [2.45, 2.75) is 13.5 Å². The lowest BCUT2D eigenvalue weighted by atomic mass is 10.2. The molecule has 0 spiro atoms. The number of aliphatic hydroxyl groups is 1. The van der Waals surface area contributed by atoms with E-state index in [9.17, 15) is 0 Å². The van der Waals surface area contributed by atoms with Gasteiger partial charge in [0.1, 0.15) is 5.82 Å². The van der Waals surface area contributed by atoms with Gasteiger partial charge in [0, 0.05) is 38.0 Å². The zero-order valence-corrected chi connectivity index (χ0v) is 10.5. The van der Waals surface area contributed by atoms with Gasteiger partial charge in [-0.1, -0.05) is 6.07 Å². The van der Waals surface area contributed by atoms with Crippen molar-refractivity contribution < 1.29 is 9.84 Å². The molecule has 0 aliphatic carbocycles. The molecular formula is C12H21N3O2. The Bertz CT molecular complexity index is 345. The molecule has 1 heterocycles. The molecule has 1 aromatic rings. The van der Waals surface area contributed by atoms with Crippen molar-refractivity contribution in [3.8, 4) is 0 Å². The standard InChI is InChI=1S/C12H21N3O2/c1-10-3-4-11(9-13)12(14-10)15(5-7-16)6-8-17-2/h3-4,16H,5-9,13H2,1-2H3. The number of aromatic nitrogens is 1. The summed E-state index contributed by atoms with van der Waals surface area (Å²) in [7, 11) is 1.66. The molecule has 0 saturated carbocycles. The van der Waals surface area contributed by atoms with Crippen LogP contribution in [0.3, 0.4) is 0 Å². The van der Waals surface area contributed by atoms with Gasteiger partial charge >= 0.3 is 0 Å². The van der Waals surface area contributed by atoms with E-state index >= 15 is 0 Å². The molecule has 1 rings (SSSR count). The first-order valence-corrected chi connectivity index (χ1v) is 5.74. The Balaban J connectivity index is 2.93. The van der Waals surface area contributed by atoms with Gasteiger partial charge in [0.25, 0.3) is 0 Å². The number of aryl methyl sites for hydroxylation is 1. The number of rotatable bonds is 7. The first-order chi connectivity index (χ1) is 8.22. The molecule has 0 saturated heterocycles. The average molecular weight is 239 g/mol. The van der Waals surface area contributed by atoms with Crippen molar-refractivity contribution in [1.29, 1.82) is 0 Å². The average Bonchev–Trinajstić information content (AvgIpc) is 2.34. The molecule has 0 bridgehead atoms. The maximum Gasteiger partial charge on any atom is 0.133 e. The van der Waals surface area contributed by atoms with Gasteiger partial charge in [-0.05, 0) is 13.0 Å². The number of aliphatic hydroxyl groups excluding tert-OH is 1. The molecule has 0 unspecified atom stereocenters. The van der Waals surface area contributed by atoms with Gasteiger partial charge in [-0.3, -0.25) is 0 Å². The molecule has 0 radical (unpaired) electrons. The molecule has 0 atom stereocenters. The fourth-order valence-electron chi connectivity index (χ4n) is 1.65. The van der Waals surface area contributed by atoms with Crippen molar-refractivity contribution in [2.24, 2.45) is 5.73 Å². The van der Waals surface area contributed by atoms with E-state index in [0.717, 1.165) is 17.1 Å². The highest BCUT2D eigenvalue weighted by atomic mass is 16.5. The molecule has 0 aromatic carbocycles. The largest absolute Gasteiger partial charge is 0.395 e. The van der Waals surface area contributed by atoms with Crippen molar-refractivity contribution in [2.75, 3.05) is 38.3 Å². The number of pyridine rings is 1. The van der Waals surface area contributed by atoms with Gasteiger partial charge in [-0.15, -0.1) is 0 Å². The third-order valence-corrected chi connectivity index (χ3v) is 2.55. The summed E-state index contributed by atoms with van der Waals surface area (Å²) in [5.74, 6) is 0.846. The predicted octanol–water partition coefficient (Wildman–Crippen LogP) is 0.294. The molecule has 0 aliphatic heterocycles. The van der Waals surface area contributed by atoms with E-state index < -0.39 is 0 Å². The molecule has 0 aliphatic rings. The van der Waals surface area contributed by atoms with Gasteiger partial charge < -0.3 is 20.5 Å². The van der Waals surface area contributed by atoms with E-state index in [1.54, 1.807) is 7.11 Å². The summed E-state index contributed by atoms with van der Waals surface area (Å²) >= 11 is 0. The number of nitrogens with zero attached hydrogens (tertiary/aromatic N) is 2. The molecule has 5 heteroatoms. The normalized spacial score (nSPS) is 10.6. The zero-order valence-electron chi connectivity index (χ0n) is 10.5. The van der Waals surface area contributed by atoms with E-state index in [0.29, 0.717) is 26.2 Å². The molecular weight excluding hydrogens is 218 g/mol. The number of hydrogen-bond donors (Lipinski definition) is 2. The lowest BCUT2D eigenvalue weighted by Gasteiger charge is -2.25. The predicted molar refractivity (Wildman–Crippen MR) is 68.0 cm³/mol. The van der Waals surface area contributed by atoms with Crippen LogP contribution in [0.2, 0.25) is 0 Å². The number of ether oxygens (including phenoxy) is 1. The zero-order chi connectivity index (χ0) is 12.7. The quantitative estimate of drug-likeness (QED) is 0.716. The molecule has 96 valence electrons. The third kappa shape index (κ3) is 3.96. The second-order valence-electron chi connectivity index (χ2n) is 3.84. The van der Waals surface area contributed by atoms with Crippen LogP contribution in [0.1, 0.15) is 11.3 Å². The van der Waals surface area contributed by atoms with E-state index in [1.165, 1.54) is 0 Å². The molecule has 5 nitrogen and oxygen atoms in total. The van der Waals surface area contributed by atoms with Crippen LogP contribution in [0.25, 0.3) is 0 Å². The van der Waals surface area contributed by atoms with Gasteiger partial charge in [0.05, 0.1) is 13.2 Å². The Morgan fingerprint density at radius 1 is 1.41 bits per heavy atom. The first kappa shape index (κ1) is 13.9. The van der Waals surface area contributed by atoms with Crippen LogP contribution in [0, 0.1) is 6.92 Å². The van der Waals surface area contributed by atoms with Crippen LogP contribution in [0.4, 0.5) is 5.82 Å². The highest BCUT2D eigenvalue weighted by Gasteiger charge is 2.11. The van der Waals surface area contributed by atoms with Crippen LogP contribution in [0.5, 0.6) is 0 Å². The maximum absolute atomic E-state index is 9.09. The number of nitrogens with two attached hydrogens (primary N) is 1. The van der Waals surface area contributed by atoms with E-state index in [1.807, 2.05) is 24.0 Å². The Hall–Kier alpha value is -1.17. The van der Waals surface area contributed by atoms with Crippen LogP contribution >= 0.6 is 0 Å². The smallest absolute Gasteiger partial charge is 0.133 e. The molecule has 17 heavy (non-hydrogen) atoms. The van der Waals surface area contributed by atoms with Crippen LogP contribution < -0.4 is 10.6 Å². The van der Waals surface area contributed by atoms with Gasteiger partial charge in [0.15, 0.2) is 0 Å². The summed E-state index contributed by atoms with van der Waals surface area (Å²) in [6.45, 7) is 4.30. The SMILES string of the molecule is COCCN(CCO)c1nc(C)ccc1CN. The number of hydrogen-bond acceptors (Lipinski definition) is 5. The lowest BCUT2D eigenvalue weighted by molar-refractivity contribution is 0.202. The summed E-state index contributed by atoms with van der Waals surface area (Å²) in [6, 6.07) is 3.92. The van der Waals surface area contributed by atoms with Gasteiger partial charge in [-0.25, -0.2) is 4.98 Å². The lowest BCUT2D eigenvalue weighted by Crippen LogP contribution is -2.32. The second kappa shape index (κ2) is 7.21. The monoisotopic (exact) mass is 239 g/mol. The summed E-state index contributed by atoms with van der Waals surface area (Å²) in [6.07, 6.45) is 0. The summed E-state index contributed by atoms with van der Waals surface area (Å²) in [5.41, 5.74) is 7.63. The highest BCUT2D eigenvalue weighted by molar-refractivity contribution is 5.47. The Labute approximate surface area is 102 Å². The Morgan fingerprint density at radius 3 is 2.76 bits per heavy atom. The van der Waals surface area contributed by atoms with E-state index in [4.69, 9.17) is 15.6 Å². The van der Waals surface area contributed by atoms with Crippen molar-refractivity contribution in [1.82, 2.24) is 4.98 Å². The summed E-state index contributed by atoms with van der Waals surface area (Å²) < 4.78 is 5.06. The fourth-order valence-corrected chi connectivity index (χ4v) is 1.65. The van der Waals surface area contributed by atoms with Crippen molar-refractivity contribution >= 4 is 5.82 Å². The van der Waals surface area contributed by atoms with Crippen molar-refractivity contribution in [3.05, 3.63) is 23.4 Å². The molecule has 1 aromatic heterocycles. The molecule has 3 N–H and O–H groups in total. The topological polar surface area (TPSA) is 71.6 Å². The fraction of sp³-hybridized carbons (Fsp3) is 0.583. The third-order valence-electron chi connectivity index (χ3n) is 2.55. The summed E-state index contributed by atoms with van der Waals surface area (Å²) in [5, 5.41) is 9.09. The maximum atomic E-state index is 9.09. The van der Waals surface area contributed by atoms with Crippen LogP contribution in [-0.4, -0.2) is 43.5 Å². The molecule has 0 amide bonds. The number of anilines is 1. The number of methoxy groups -OCH3 is 1. The highest BCUT2D eigenvalue weighted by Crippen LogP contribution is 2.17. The van der Waals surface area contributed by atoms with Crippen LogP contribution in [-0.2, 0) is 11.3 Å². The van der Waals surface area contributed by atoms with Crippen LogP contribution in [0.15, 0.2) is 12.1 Å². The minimum atomic E-state index is 0.0867. The second-order valence-corrected chi connectivity index (χ2v) is 3.84. The first-order valence-electron chi connectivity index (χ1n) is 5.74.